The summed E-state index contributed by atoms with van der Waals surface area (Å²) in [6.07, 6.45) is 3.00. The van der Waals surface area contributed by atoms with Crippen molar-refractivity contribution < 1.29 is 4.79 Å². The molecule has 0 spiro atoms. The lowest BCUT2D eigenvalue weighted by Gasteiger charge is -2.11. The fourth-order valence-electron chi connectivity index (χ4n) is 2.00. The van der Waals surface area contributed by atoms with Gasteiger partial charge in [0.1, 0.15) is 12.7 Å². The standard InChI is InChI=1S/C15H12Cl2N4OS2/c16-10-1-3-13(21-9-18-8-19-21)12(5-10)20-15(22)7-23-6-11-2-4-14(17)24-11/h1-5,8-9H,6-7H2,(H,20,22). The normalized spacial score (nSPS) is 10.8. The third kappa shape index (κ3) is 4.51. The van der Waals surface area contributed by atoms with E-state index in [1.807, 2.05) is 12.1 Å². The summed E-state index contributed by atoms with van der Waals surface area (Å²) < 4.78 is 2.33. The first kappa shape index (κ1) is 17.3. The number of hydrogen-bond acceptors (Lipinski definition) is 5. The van der Waals surface area contributed by atoms with Crippen molar-refractivity contribution in [1.29, 1.82) is 0 Å². The van der Waals surface area contributed by atoms with Crippen molar-refractivity contribution in [2.75, 3.05) is 11.1 Å². The molecule has 0 radical (unpaired) electrons. The number of rotatable bonds is 6. The second-order valence-corrected chi connectivity index (χ2v) is 7.97. The summed E-state index contributed by atoms with van der Waals surface area (Å²) in [6.45, 7) is 0. The maximum atomic E-state index is 12.2. The van der Waals surface area contributed by atoms with Crippen molar-refractivity contribution in [3.63, 3.8) is 0 Å². The van der Waals surface area contributed by atoms with Crippen molar-refractivity contribution in [2.24, 2.45) is 0 Å². The minimum Gasteiger partial charge on any atom is -0.323 e. The molecule has 0 bridgehead atoms. The average Bonchev–Trinajstić information content (AvgIpc) is 3.19. The molecule has 3 aromatic rings. The molecule has 0 saturated heterocycles. The predicted molar refractivity (Wildman–Crippen MR) is 100 cm³/mol. The molecule has 0 aliphatic heterocycles. The Kier molecular flexibility index (Phi) is 5.78. The average molecular weight is 399 g/mol. The third-order valence-corrected chi connectivity index (χ3v) is 5.63. The van der Waals surface area contributed by atoms with Gasteiger partial charge in [-0.2, -0.15) is 5.10 Å². The van der Waals surface area contributed by atoms with Crippen LogP contribution in [0.5, 0.6) is 0 Å². The first-order valence-corrected chi connectivity index (χ1v) is 9.61. The van der Waals surface area contributed by atoms with E-state index in [1.165, 1.54) is 29.4 Å². The summed E-state index contributed by atoms with van der Waals surface area (Å²) in [5.41, 5.74) is 1.30. The summed E-state index contributed by atoms with van der Waals surface area (Å²) in [5, 5.41) is 7.50. The highest BCUT2D eigenvalue weighted by Crippen LogP contribution is 2.26. The lowest BCUT2D eigenvalue weighted by molar-refractivity contribution is -0.113. The van der Waals surface area contributed by atoms with Crippen LogP contribution in [0.15, 0.2) is 43.0 Å². The third-order valence-electron chi connectivity index (χ3n) is 3.00. The van der Waals surface area contributed by atoms with Gasteiger partial charge in [0.05, 0.1) is 21.5 Å². The van der Waals surface area contributed by atoms with Crippen LogP contribution in [0, 0.1) is 0 Å². The number of anilines is 1. The Morgan fingerprint density at radius 1 is 1.29 bits per heavy atom. The van der Waals surface area contributed by atoms with E-state index < -0.39 is 0 Å². The van der Waals surface area contributed by atoms with Crippen LogP contribution in [0.3, 0.4) is 0 Å². The molecule has 0 aliphatic carbocycles. The fraction of sp³-hybridized carbons (Fsp3) is 0.133. The van der Waals surface area contributed by atoms with Crippen LogP contribution in [0.25, 0.3) is 5.69 Å². The van der Waals surface area contributed by atoms with Gasteiger partial charge in [0.15, 0.2) is 0 Å². The molecule has 24 heavy (non-hydrogen) atoms. The maximum Gasteiger partial charge on any atom is 0.234 e. The Balaban J connectivity index is 1.62. The van der Waals surface area contributed by atoms with Crippen molar-refractivity contribution in [3.05, 3.63) is 57.2 Å². The van der Waals surface area contributed by atoms with E-state index in [9.17, 15) is 4.79 Å². The Morgan fingerprint density at radius 2 is 2.17 bits per heavy atom. The molecule has 1 aromatic carbocycles. The Bertz CT molecular complexity index is 836. The molecule has 9 heteroatoms. The Labute approximate surface area is 157 Å². The Morgan fingerprint density at radius 3 is 2.88 bits per heavy atom. The molecule has 0 saturated carbocycles. The van der Waals surface area contributed by atoms with Crippen LogP contribution in [0.4, 0.5) is 5.69 Å². The Hall–Kier alpha value is -1.54. The van der Waals surface area contributed by atoms with Gasteiger partial charge in [-0.3, -0.25) is 4.79 Å². The second-order valence-electron chi connectivity index (χ2n) is 4.75. The van der Waals surface area contributed by atoms with Gasteiger partial charge in [-0.25, -0.2) is 9.67 Å². The zero-order valence-corrected chi connectivity index (χ0v) is 15.4. The van der Waals surface area contributed by atoms with Crippen LogP contribution in [0.2, 0.25) is 9.36 Å². The molecule has 1 N–H and O–H groups in total. The number of thioether (sulfide) groups is 1. The van der Waals surface area contributed by atoms with Gasteiger partial charge in [0.25, 0.3) is 0 Å². The molecule has 0 unspecified atom stereocenters. The van der Waals surface area contributed by atoms with Crippen molar-refractivity contribution in [3.8, 4) is 5.69 Å². The minimum atomic E-state index is -0.105. The highest BCUT2D eigenvalue weighted by atomic mass is 35.5. The summed E-state index contributed by atoms with van der Waals surface area (Å²) in [4.78, 5) is 17.3. The predicted octanol–water partition coefficient (Wildman–Crippen LogP) is 4.51. The highest BCUT2D eigenvalue weighted by Gasteiger charge is 2.10. The number of nitrogens with zero attached hydrogens (tertiary/aromatic N) is 3. The first-order chi connectivity index (χ1) is 11.6. The van der Waals surface area contributed by atoms with Crippen molar-refractivity contribution in [2.45, 2.75) is 5.75 Å². The molecule has 1 amide bonds. The number of nitrogens with one attached hydrogen (secondary N) is 1. The summed E-state index contributed by atoms with van der Waals surface area (Å²) in [7, 11) is 0. The first-order valence-electron chi connectivity index (χ1n) is 6.88. The van der Waals surface area contributed by atoms with Crippen LogP contribution in [0.1, 0.15) is 4.88 Å². The van der Waals surface area contributed by atoms with E-state index in [1.54, 1.807) is 29.2 Å². The van der Waals surface area contributed by atoms with Crippen LogP contribution in [-0.4, -0.2) is 26.4 Å². The number of carbonyl (C=O) groups is 1. The number of halogens is 2. The molecular weight excluding hydrogens is 387 g/mol. The van der Waals surface area contributed by atoms with Gasteiger partial charge < -0.3 is 5.32 Å². The molecular formula is C15H12Cl2N4OS2. The van der Waals surface area contributed by atoms with Gasteiger partial charge in [-0.15, -0.1) is 23.1 Å². The molecule has 0 aliphatic rings. The van der Waals surface area contributed by atoms with Gasteiger partial charge >= 0.3 is 0 Å². The lowest BCUT2D eigenvalue weighted by atomic mass is 10.2. The zero-order chi connectivity index (χ0) is 16.9. The molecule has 2 aromatic heterocycles. The maximum absolute atomic E-state index is 12.2. The summed E-state index contributed by atoms with van der Waals surface area (Å²) in [6, 6.07) is 9.05. The van der Waals surface area contributed by atoms with E-state index in [0.29, 0.717) is 22.2 Å². The SMILES string of the molecule is O=C(CSCc1ccc(Cl)s1)Nc1cc(Cl)ccc1-n1cncn1. The number of amides is 1. The molecule has 2 heterocycles. The summed E-state index contributed by atoms with van der Waals surface area (Å²) in [5.74, 6) is 0.973. The summed E-state index contributed by atoms with van der Waals surface area (Å²) >= 11 is 15.0. The number of carbonyl (C=O) groups excluding carboxylic acids is 1. The monoisotopic (exact) mass is 398 g/mol. The van der Waals surface area contributed by atoms with Crippen LogP contribution >= 0.6 is 46.3 Å². The quantitative estimate of drug-likeness (QED) is 0.663. The lowest BCUT2D eigenvalue weighted by Crippen LogP contribution is -2.16. The van der Waals surface area contributed by atoms with Crippen LogP contribution in [-0.2, 0) is 10.5 Å². The zero-order valence-electron chi connectivity index (χ0n) is 12.3. The molecule has 5 nitrogen and oxygen atoms in total. The van der Waals surface area contributed by atoms with E-state index in [0.717, 1.165) is 15.0 Å². The van der Waals surface area contributed by atoms with Gasteiger partial charge in [0, 0.05) is 15.7 Å². The highest BCUT2D eigenvalue weighted by molar-refractivity contribution is 7.99. The minimum absolute atomic E-state index is 0.105. The smallest absolute Gasteiger partial charge is 0.234 e. The topological polar surface area (TPSA) is 59.8 Å². The molecule has 0 fully saturated rings. The van der Waals surface area contributed by atoms with E-state index >= 15 is 0 Å². The van der Waals surface area contributed by atoms with E-state index in [-0.39, 0.29) is 5.91 Å². The van der Waals surface area contributed by atoms with Gasteiger partial charge in [-0.1, -0.05) is 23.2 Å². The number of benzene rings is 1. The van der Waals surface area contributed by atoms with Gasteiger partial charge in [0.2, 0.25) is 5.91 Å². The van der Waals surface area contributed by atoms with Crippen LogP contribution < -0.4 is 5.32 Å². The van der Waals surface area contributed by atoms with E-state index in [4.69, 9.17) is 23.2 Å². The largest absolute Gasteiger partial charge is 0.323 e. The number of hydrogen-bond donors (Lipinski definition) is 1. The molecule has 124 valence electrons. The fourth-order valence-corrected chi connectivity index (χ4v) is 4.20. The number of aromatic nitrogens is 3. The van der Waals surface area contributed by atoms with Gasteiger partial charge in [-0.05, 0) is 30.3 Å². The number of thiophene rings is 1. The van der Waals surface area contributed by atoms with Crippen molar-refractivity contribution in [1.82, 2.24) is 14.8 Å². The molecule has 0 atom stereocenters. The second kappa shape index (κ2) is 8.02. The van der Waals surface area contributed by atoms with Crippen molar-refractivity contribution >= 4 is 57.9 Å². The molecule has 3 rings (SSSR count). The van der Waals surface area contributed by atoms with E-state index in [2.05, 4.69) is 15.4 Å².